The summed E-state index contributed by atoms with van der Waals surface area (Å²) in [5.74, 6) is -0.700. The van der Waals surface area contributed by atoms with Gasteiger partial charge < -0.3 is 10.1 Å². The molecule has 0 radical (unpaired) electrons. The number of anilines is 1. The molecule has 0 aliphatic carbocycles. The number of fused-ring (bicyclic) bond motifs is 1. The van der Waals surface area contributed by atoms with Crippen molar-refractivity contribution in [1.29, 1.82) is 0 Å². The van der Waals surface area contributed by atoms with E-state index in [-0.39, 0.29) is 5.91 Å². The molecule has 0 unspecified atom stereocenters. The number of amides is 1. The van der Waals surface area contributed by atoms with Gasteiger partial charge in [0.1, 0.15) is 11.4 Å². The van der Waals surface area contributed by atoms with Gasteiger partial charge in [-0.3, -0.25) is 4.79 Å². The Balaban J connectivity index is 1.48. The molecule has 3 aromatic heterocycles. The van der Waals surface area contributed by atoms with E-state index in [0.717, 1.165) is 26.7 Å². The lowest BCUT2D eigenvalue weighted by molar-refractivity contribution is 0.0600. The van der Waals surface area contributed by atoms with E-state index >= 15 is 0 Å². The van der Waals surface area contributed by atoms with Crippen molar-refractivity contribution in [3.8, 4) is 21.1 Å². The first-order chi connectivity index (χ1) is 16.1. The highest BCUT2D eigenvalue weighted by Crippen LogP contribution is 2.35. The number of nitrogens with zero attached hydrogens (tertiary/aromatic N) is 2. The number of carbonyl (C=O) groups excluding carboxylic acids is 2. The molecule has 33 heavy (non-hydrogen) atoms. The molecule has 0 aliphatic heterocycles. The fraction of sp³-hybridized carbons (Fsp3) is 0.0400. The lowest BCUT2D eigenvalue weighted by atomic mass is 10.1. The third-order valence-corrected chi connectivity index (χ3v) is 6.75. The number of ether oxygens (including phenoxy) is 1. The molecule has 0 saturated heterocycles. The van der Waals surface area contributed by atoms with Crippen LogP contribution in [0.5, 0.6) is 0 Å². The van der Waals surface area contributed by atoms with Crippen molar-refractivity contribution in [2.75, 3.05) is 12.4 Å². The number of nitrogens with one attached hydrogen (secondary N) is 1. The summed E-state index contributed by atoms with van der Waals surface area (Å²) < 4.78 is 4.70. The van der Waals surface area contributed by atoms with Crippen LogP contribution in [-0.2, 0) is 4.74 Å². The first-order valence-corrected chi connectivity index (χ1v) is 11.8. The molecule has 0 atom stereocenters. The Morgan fingerprint density at radius 3 is 1.97 bits per heavy atom. The van der Waals surface area contributed by atoms with Crippen LogP contribution in [0.1, 0.15) is 20.7 Å². The summed E-state index contributed by atoms with van der Waals surface area (Å²) >= 11 is 3.22. The normalized spacial score (nSPS) is 10.8. The number of benzene rings is 2. The third-order valence-electron chi connectivity index (χ3n) is 5.00. The van der Waals surface area contributed by atoms with Gasteiger partial charge in [-0.05, 0) is 65.4 Å². The Bertz CT molecular complexity index is 1440. The van der Waals surface area contributed by atoms with Crippen LogP contribution in [0.25, 0.3) is 32.2 Å². The van der Waals surface area contributed by atoms with E-state index in [1.807, 2.05) is 41.1 Å². The highest BCUT2D eigenvalue weighted by atomic mass is 32.1. The Hall–Kier alpha value is -3.88. The Labute approximate surface area is 197 Å². The zero-order valence-corrected chi connectivity index (χ0v) is 19.1. The average Bonchev–Trinajstić information content (AvgIpc) is 3.57. The molecule has 8 heteroatoms. The second kappa shape index (κ2) is 8.93. The van der Waals surface area contributed by atoms with Crippen LogP contribution in [0, 0.1) is 0 Å². The SMILES string of the molecule is COC(=O)c1ccc(NC(=O)c2ccc3nc(-c4cccs4)c(-c4cccs4)nc3c2)cc1. The maximum Gasteiger partial charge on any atom is 0.337 e. The van der Waals surface area contributed by atoms with Gasteiger partial charge in [-0.2, -0.15) is 0 Å². The van der Waals surface area contributed by atoms with Crippen LogP contribution in [0.3, 0.4) is 0 Å². The molecular formula is C25H17N3O3S2. The predicted molar refractivity (Wildman–Crippen MR) is 132 cm³/mol. The minimum absolute atomic E-state index is 0.274. The van der Waals surface area contributed by atoms with E-state index in [0.29, 0.717) is 22.3 Å². The third kappa shape index (κ3) is 4.26. The molecule has 3 heterocycles. The fourth-order valence-electron chi connectivity index (χ4n) is 3.38. The van der Waals surface area contributed by atoms with Gasteiger partial charge in [-0.15, -0.1) is 22.7 Å². The number of hydrogen-bond donors (Lipinski definition) is 1. The predicted octanol–water partition coefficient (Wildman–Crippen LogP) is 6.13. The zero-order chi connectivity index (χ0) is 22.8. The highest BCUT2D eigenvalue weighted by Gasteiger charge is 2.16. The monoisotopic (exact) mass is 471 g/mol. The smallest absolute Gasteiger partial charge is 0.337 e. The lowest BCUT2D eigenvalue weighted by Gasteiger charge is -2.10. The van der Waals surface area contributed by atoms with Gasteiger partial charge in [-0.25, -0.2) is 14.8 Å². The van der Waals surface area contributed by atoms with Crippen molar-refractivity contribution in [3.63, 3.8) is 0 Å². The maximum atomic E-state index is 12.9. The Kier molecular flexibility index (Phi) is 5.68. The zero-order valence-electron chi connectivity index (χ0n) is 17.4. The minimum Gasteiger partial charge on any atom is -0.465 e. The van der Waals surface area contributed by atoms with Crippen LogP contribution < -0.4 is 5.32 Å². The molecule has 6 nitrogen and oxygen atoms in total. The molecule has 0 aliphatic rings. The second-order valence-electron chi connectivity index (χ2n) is 7.10. The van der Waals surface area contributed by atoms with E-state index in [1.165, 1.54) is 7.11 Å². The van der Waals surface area contributed by atoms with Crippen LogP contribution in [0.15, 0.2) is 77.5 Å². The molecule has 2 aromatic carbocycles. The summed E-state index contributed by atoms with van der Waals surface area (Å²) in [6, 6.07) is 19.9. The average molecular weight is 472 g/mol. The molecule has 0 spiro atoms. The van der Waals surface area contributed by atoms with Crippen molar-refractivity contribution in [3.05, 3.63) is 88.6 Å². The van der Waals surface area contributed by atoms with E-state index in [2.05, 4.69) is 5.32 Å². The van der Waals surface area contributed by atoms with Crippen molar-refractivity contribution >= 4 is 51.3 Å². The number of rotatable bonds is 5. The molecule has 1 amide bonds. The van der Waals surface area contributed by atoms with Crippen LogP contribution in [-0.4, -0.2) is 29.0 Å². The second-order valence-corrected chi connectivity index (χ2v) is 9.00. The van der Waals surface area contributed by atoms with Crippen molar-refractivity contribution in [2.45, 2.75) is 0 Å². The van der Waals surface area contributed by atoms with Gasteiger partial charge in [0, 0.05) is 11.3 Å². The summed E-state index contributed by atoms with van der Waals surface area (Å²) in [4.78, 5) is 36.3. The molecule has 1 N–H and O–H groups in total. The van der Waals surface area contributed by atoms with E-state index in [4.69, 9.17) is 14.7 Å². The summed E-state index contributed by atoms with van der Waals surface area (Å²) in [6.07, 6.45) is 0. The number of carbonyl (C=O) groups is 2. The van der Waals surface area contributed by atoms with Gasteiger partial charge in [0.2, 0.25) is 0 Å². The molecular weight excluding hydrogens is 454 g/mol. The Morgan fingerprint density at radius 2 is 1.39 bits per heavy atom. The molecule has 5 rings (SSSR count). The fourth-order valence-corrected chi connectivity index (χ4v) is 4.81. The molecule has 0 saturated carbocycles. The number of methoxy groups -OCH3 is 1. The Morgan fingerprint density at radius 1 is 0.788 bits per heavy atom. The van der Waals surface area contributed by atoms with E-state index < -0.39 is 5.97 Å². The first kappa shape index (κ1) is 21.0. The van der Waals surface area contributed by atoms with Gasteiger partial charge in [0.15, 0.2) is 0 Å². The standard InChI is InChI=1S/C25H17N3O3S2/c1-31-25(30)15-6-9-17(10-7-15)26-24(29)16-8-11-18-19(14-16)28-23(21-5-3-13-33-21)22(27-18)20-4-2-12-32-20/h2-14H,1H3,(H,26,29). The summed E-state index contributed by atoms with van der Waals surface area (Å²) in [5.41, 5.74) is 4.46. The topological polar surface area (TPSA) is 81.2 Å². The molecule has 0 bridgehead atoms. The van der Waals surface area contributed by atoms with E-state index in [1.54, 1.807) is 59.1 Å². The van der Waals surface area contributed by atoms with Gasteiger partial charge in [0.25, 0.3) is 5.91 Å². The van der Waals surface area contributed by atoms with Crippen molar-refractivity contribution in [1.82, 2.24) is 9.97 Å². The summed E-state index contributed by atoms with van der Waals surface area (Å²) in [5, 5.41) is 6.87. The number of aromatic nitrogens is 2. The maximum absolute atomic E-state index is 12.9. The van der Waals surface area contributed by atoms with Gasteiger partial charge >= 0.3 is 5.97 Å². The molecule has 162 valence electrons. The van der Waals surface area contributed by atoms with Gasteiger partial charge in [-0.1, -0.05) is 12.1 Å². The van der Waals surface area contributed by atoms with Gasteiger partial charge in [0.05, 0.1) is 33.5 Å². The van der Waals surface area contributed by atoms with Crippen molar-refractivity contribution < 1.29 is 14.3 Å². The summed E-state index contributed by atoms with van der Waals surface area (Å²) in [6.45, 7) is 0. The summed E-state index contributed by atoms with van der Waals surface area (Å²) in [7, 11) is 1.33. The van der Waals surface area contributed by atoms with Crippen LogP contribution >= 0.6 is 22.7 Å². The number of thiophene rings is 2. The molecule has 5 aromatic rings. The lowest BCUT2D eigenvalue weighted by Crippen LogP contribution is -2.12. The number of hydrogen-bond acceptors (Lipinski definition) is 7. The minimum atomic E-state index is -0.426. The molecule has 0 fully saturated rings. The highest BCUT2D eigenvalue weighted by molar-refractivity contribution is 7.14. The van der Waals surface area contributed by atoms with Crippen LogP contribution in [0.2, 0.25) is 0 Å². The largest absolute Gasteiger partial charge is 0.465 e. The van der Waals surface area contributed by atoms with E-state index in [9.17, 15) is 9.59 Å². The number of esters is 1. The quantitative estimate of drug-likeness (QED) is 0.312. The van der Waals surface area contributed by atoms with Crippen molar-refractivity contribution in [2.24, 2.45) is 0 Å². The van der Waals surface area contributed by atoms with Crippen LogP contribution in [0.4, 0.5) is 5.69 Å². The first-order valence-electron chi connectivity index (χ1n) is 10.0.